The Labute approximate surface area is 121 Å². The maximum absolute atomic E-state index is 5.58. The van der Waals surface area contributed by atoms with Crippen molar-refractivity contribution in [1.29, 1.82) is 0 Å². The van der Waals surface area contributed by atoms with Crippen LogP contribution in [0.4, 0.5) is 0 Å². The van der Waals surface area contributed by atoms with E-state index < -0.39 is 0 Å². The van der Waals surface area contributed by atoms with Gasteiger partial charge in [0.1, 0.15) is 5.75 Å². The van der Waals surface area contributed by atoms with E-state index in [9.17, 15) is 0 Å². The lowest BCUT2D eigenvalue weighted by Gasteiger charge is -2.14. The van der Waals surface area contributed by atoms with Crippen LogP contribution in [0.5, 0.6) is 5.75 Å². The first-order valence-corrected chi connectivity index (χ1v) is 7.14. The molecule has 1 aromatic heterocycles. The summed E-state index contributed by atoms with van der Waals surface area (Å²) in [6.45, 7) is 5.89. The van der Waals surface area contributed by atoms with Crippen molar-refractivity contribution in [3.63, 3.8) is 0 Å². The van der Waals surface area contributed by atoms with Crippen molar-refractivity contribution in [2.45, 2.75) is 32.9 Å². The van der Waals surface area contributed by atoms with Crippen molar-refractivity contribution < 1.29 is 4.74 Å². The van der Waals surface area contributed by atoms with E-state index in [1.807, 2.05) is 36.7 Å². The summed E-state index contributed by atoms with van der Waals surface area (Å²) in [5.74, 6) is 0.942. The molecule has 0 spiro atoms. The monoisotopic (exact) mass is 270 g/mol. The highest BCUT2D eigenvalue weighted by atomic mass is 16.5. The van der Waals surface area contributed by atoms with E-state index >= 15 is 0 Å². The lowest BCUT2D eigenvalue weighted by molar-refractivity contribution is 0.317. The van der Waals surface area contributed by atoms with Gasteiger partial charge in [-0.25, -0.2) is 0 Å². The second-order valence-electron chi connectivity index (χ2n) is 4.88. The van der Waals surface area contributed by atoms with Gasteiger partial charge in [-0.15, -0.1) is 0 Å². The molecule has 0 bridgehead atoms. The minimum atomic E-state index is 0.314. The number of rotatable bonds is 7. The molecular formula is C17H22N2O. The fraction of sp³-hybridized carbons (Fsp3) is 0.353. The van der Waals surface area contributed by atoms with Crippen LogP contribution in [-0.2, 0) is 6.54 Å². The van der Waals surface area contributed by atoms with Crippen molar-refractivity contribution in [3.8, 4) is 5.75 Å². The molecule has 0 aliphatic rings. The van der Waals surface area contributed by atoms with Gasteiger partial charge in [0, 0.05) is 25.0 Å². The average molecular weight is 270 g/mol. The summed E-state index contributed by atoms with van der Waals surface area (Å²) < 4.78 is 5.58. The van der Waals surface area contributed by atoms with Gasteiger partial charge in [-0.1, -0.05) is 19.1 Å². The summed E-state index contributed by atoms with van der Waals surface area (Å²) in [5.41, 5.74) is 2.51. The molecule has 0 unspecified atom stereocenters. The second-order valence-corrected chi connectivity index (χ2v) is 4.88. The molecule has 1 aromatic carbocycles. The van der Waals surface area contributed by atoms with Crippen LogP contribution in [0.25, 0.3) is 0 Å². The van der Waals surface area contributed by atoms with Crippen LogP contribution in [0.3, 0.4) is 0 Å². The lowest BCUT2D eigenvalue weighted by Crippen LogP contribution is -2.18. The molecular weight excluding hydrogens is 248 g/mol. The normalized spacial score (nSPS) is 12.1. The molecule has 2 aromatic rings. The number of nitrogens with one attached hydrogen (secondary N) is 1. The van der Waals surface area contributed by atoms with Crippen molar-refractivity contribution >= 4 is 0 Å². The molecule has 0 fully saturated rings. The molecule has 0 aliphatic carbocycles. The molecule has 1 heterocycles. The van der Waals surface area contributed by atoms with E-state index in [1.54, 1.807) is 0 Å². The summed E-state index contributed by atoms with van der Waals surface area (Å²) in [5, 5.41) is 3.51. The van der Waals surface area contributed by atoms with Crippen molar-refractivity contribution in [1.82, 2.24) is 10.3 Å². The zero-order valence-electron chi connectivity index (χ0n) is 12.2. The smallest absolute Gasteiger partial charge is 0.119 e. The van der Waals surface area contributed by atoms with Gasteiger partial charge in [-0.05, 0) is 48.7 Å². The van der Waals surface area contributed by atoms with E-state index in [2.05, 4.69) is 36.3 Å². The Morgan fingerprint density at radius 2 is 1.80 bits per heavy atom. The summed E-state index contributed by atoms with van der Waals surface area (Å²) in [4.78, 5) is 4.04. The van der Waals surface area contributed by atoms with Gasteiger partial charge in [-0.3, -0.25) is 4.98 Å². The Morgan fingerprint density at radius 3 is 2.45 bits per heavy atom. The first-order chi connectivity index (χ1) is 9.79. The Morgan fingerprint density at radius 1 is 1.10 bits per heavy atom. The first kappa shape index (κ1) is 14.5. The maximum atomic E-state index is 5.58. The third-order valence-corrected chi connectivity index (χ3v) is 3.21. The number of ether oxygens (including phenoxy) is 1. The number of aromatic nitrogens is 1. The third-order valence-electron chi connectivity index (χ3n) is 3.21. The van der Waals surface area contributed by atoms with Crippen LogP contribution in [0.15, 0.2) is 48.8 Å². The quantitative estimate of drug-likeness (QED) is 0.832. The third kappa shape index (κ3) is 4.35. The number of pyridine rings is 1. The molecule has 106 valence electrons. The Bertz CT molecular complexity index is 496. The van der Waals surface area contributed by atoms with Crippen LogP contribution in [0, 0.1) is 0 Å². The van der Waals surface area contributed by atoms with Gasteiger partial charge in [0.25, 0.3) is 0 Å². The van der Waals surface area contributed by atoms with Crippen molar-refractivity contribution in [2.75, 3.05) is 6.61 Å². The highest BCUT2D eigenvalue weighted by Crippen LogP contribution is 2.14. The maximum Gasteiger partial charge on any atom is 0.119 e. The fourth-order valence-corrected chi connectivity index (χ4v) is 1.96. The molecule has 0 radical (unpaired) electrons. The zero-order valence-corrected chi connectivity index (χ0v) is 12.2. The predicted molar refractivity (Wildman–Crippen MR) is 81.7 cm³/mol. The minimum Gasteiger partial charge on any atom is -0.494 e. The largest absolute Gasteiger partial charge is 0.494 e. The number of hydrogen-bond donors (Lipinski definition) is 1. The molecule has 2 rings (SSSR count). The standard InChI is InChI=1S/C17H22N2O/c1-3-12-20-17-6-4-15(5-7-17)13-19-14(2)16-8-10-18-11-9-16/h4-11,14,19H,3,12-13H2,1-2H3/t14-/m1/s1. The average Bonchev–Trinajstić information content (AvgIpc) is 2.52. The van der Waals surface area contributed by atoms with Gasteiger partial charge in [0.15, 0.2) is 0 Å². The van der Waals surface area contributed by atoms with Crippen LogP contribution >= 0.6 is 0 Å². The predicted octanol–water partition coefficient (Wildman–Crippen LogP) is 3.72. The Kier molecular flexibility index (Phi) is 5.56. The molecule has 1 N–H and O–H groups in total. The van der Waals surface area contributed by atoms with Gasteiger partial charge >= 0.3 is 0 Å². The number of nitrogens with zero attached hydrogens (tertiary/aromatic N) is 1. The van der Waals surface area contributed by atoms with Gasteiger partial charge in [0.05, 0.1) is 6.61 Å². The molecule has 0 amide bonds. The van der Waals surface area contributed by atoms with Crippen molar-refractivity contribution in [2.24, 2.45) is 0 Å². The molecule has 0 saturated carbocycles. The highest BCUT2D eigenvalue weighted by molar-refractivity contribution is 5.27. The van der Waals surface area contributed by atoms with Crippen molar-refractivity contribution in [3.05, 3.63) is 59.9 Å². The van der Waals surface area contributed by atoms with Crippen LogP contribution in [0.2, 0.25) is 0 Å². The van der Waals surface area contributed by atoms with E-state index in [4.69, 9.17) is 4.74 Å². The zero-order chi connectivity index (χ0) is 14.2. The number of benzene rings is 1. The SMILES string of the molecule is CCCOc1ccc(CN[C@H](C)c2ccncc2)cc1. The molecule has 20 heavy (non-hydrogen) atoms. The Balaban J connectivity index is 1.84. The van der Waals surface area contributed by atoms with E-state index in [0.717, 1.165) is 25.3 Å². The summed E-state index contributed by atoms with van der Waals surface area (Å²) in [6.07, 6.45) is 4.69. The van der Waals surface area contributed by atoms with Gasteiger partial charge in [0.2, 0.25) is 0 Å². The minimum absolute atomic E-state index is 0.314. The lowest BCUT2D eigenvalue weighted by atomic mass is 10.1. The summed E-state index contributed by atoms with van der Waals surface area (Å²) >= 11 is 0. The molecule has 1 atom stereocenters. The van der Waals surface area contributed by atoms with Crippen LogP contribution < -0.4 is 10.1 Å². The van der Waals surface area contributed by atoms with E-state index in [1.165, 1.54) is 11.1 Å². The molecule has 3 heteroatoms. The van der Waals surface area contributed by atoms with Gasteiger partial charge < -0.3 is 10.1 Å². The highest BCUT2D eigenvalue weighted by Gasteiger charge is 2.04. The topological polar surface area (TPSA) is 34.1 Å². The summed E-state index contributed by atoms with van der Waals surface area (Å²) in [7, 11) is 0. The van der Waals surface area contributed by atoms with Crippen LogP contribution in [-0.4, -0.2) is 11.6 Å². The number of hydrogen-bond acceptors (Lipinski definition) is 3. The van der Waals surface area contributed by atoms with Crippen LogP contribution in [0.1, 0.15) is 37.4 Å². The molecule has 3 nitrogen and oxygen atoms in total. The molecule has 0 aliphatic heterocycles. The second kappa shape index (κ2) is 7.65. The molecule has 0 saturated heterocycles. The first-order valence-electron chi connectivity index (χ1n) is 7.14. The van der Waals surface area contributed by atoms with Gasteiger partial charge in [-0.2, -0.15) is 0 Å². The summed E-state index contributed by atoms with van der Waals surface area (Å²) in [6, 6.07) is 12.7. The fourth-order valence-electron chi connectivity index (χ4n) is 1.96. The Hall–Kier alpha value is -1.87. The van der Waals surface area contributed by atoms with E-state index in [-0.39, 0.29) is 0 Å². The van der Waals surface area contributed by atoms with E-state index in [0.29, 0.717) is 6.04 Å².